The Morgan fingerprint density at radius 3 is 2.76 bits per heavy atom. The molecule has 1 heterocycles. The number of amides is 1. The monoisotopic (exact) mass is 277 g/mol. The van der Waals surface area contributed by atoms with E-state index in [4.69, 9.17) is 11.6 Å². The topological polar surface area (TPSA) is 88.2 Å². The molecule has 2 N–H and O–H groups in total. The highest BCUT2D eigenvalue weighted by atomic mass is 35.5. The maximum atomic E-state index is 11.5. The van der Waals surface area contributed by atoms with Gasteiger partial charge in [-0.2, -0.15) is 0 Å². The summed E-state index contributed by atoms with van der Waals surface area (Å²) in [5, 5.41) is 2.78. The van der Waals surface area contributed by atoms with Crippen molar-refractivity contribution in [3.05, 3.63) is 29.0 Å². The summed E-state index contributed by atoms with van der Waals surface area (Å²) in [6.45, 7) is 0.342. The highest BCUT2D eigenvalue weighted by Gasteiger charge is 2.06. The predicted octanol–water partition coefficient (Wildman–Crippen LogP) is 0.0140. The Hall–Kier alpha value is -1.18. The molecule has 17 heavy (non-hydrogen) atoms. The summed E-state index contributed by atoms with van der Waals surface area (Å²) in [6.07, 6.45) is 2.48. The number of pyridine rings is 1. The summed E-state index contributed by atoms with van der Waals surface area (Å²) in [4.78, 5) is 15.3. The number of sulfonamides is 1. The van der Waals surface area contributed by atoms with Gasteiger partial charge in [0.15, 0.2) is 0 Å². The highest BCUT2D eigenvalue weighted by Crippen LogP contribution is 2.06. The Morgan fingerprint density at radius 1 is 1.47 bits per heavy atom. The van der Waals surface area contributed by atoms with Crippen molar-refractivity contribution in [1.29, 1.82) is 0 Å². The van der Waals surface area contributed by atoms with Gasteiger partial charge in [0.2, 0.25) is 10.0 Å². The van der Waals surface area contributed by atoms with Crippen LogP contribution in [0, 0.1) is 0 Å². The molecule has 0 aliphatic heterocycles. The molecule has 0 radical (unpaired) electrons. The third-order valence-corrected chi connectivity index (χ3v) is 2.70. The number of carbonyl (C=O) groups is 1. The van der Waals surface area contributed by atoms with Crippen molar-refractivity contribution in [1.82, 2.24) is 15.0 Å². The molecule has 0 saturated carbocycles. The molecule has 1 aromatic heterocycles. The van der Waals surface area contributed by atoms with Gasteiger partial charge in [0.05, 0.1) is 6.26 Å². The minimum Gasteiger partial charge on any atom is -0.351 e. The Kier molecular flexibility index (Phi) is 4.86. The summed E-state index contributed by atoms with van der Waals surface area (Å²) >= 11 is 5.63. The van der Waals surface area contributed by atoms with Crippen molar-refractivity contribution >= 4 is 27.5 Å². The molecule has 1 aromatic rings. The van der Waals surface area contributed by atoms with Crippen LogP contribution in [0.5, 0.6) is 0 Å². The SMILES string of the molecule is CS(=O)(=O)NCCNC(=O)c1ccnc(Cl)c1. The number of halogens is 1. The van der Waals surface area contributed by atoms with Gasteiger partial charge in [0.1, 0.15) is 5.15 Å². The van der Waals surface area contributed by atoms with E-state index in [1.165, 1.54) is 18.3 Å². The van der Waals surface area contributed by atoms with Crippen molar-refractivity contribution < 1.29 is 13.2 Å². The zero-order valence-corrected chi connectivity index (χ0v) is 10.7. The van der Waals surface area contributed by atoms with E-state index in [2.05, 4.69) is 15.0 Å². The van der Waals surface area contributed by atoms with Crippen LogP contribution in [0.25, 0.3) is 0 Å². The summed E-state index contributed by atoms with van der Waals surface area (Å²) in [5.74, 6) is -0.329. The maximum absolute atomic E-state index is 11.5. The molecule has 0 bridgehead atoms. The molecular formula is C9H12ClN3O3S. The number of nitrogens with zero attached hydrogens (tertiary/aromatic N) is 1. The summed E-state index contributed by atoms with van der Waals surface area (Å²) in [5.41, 5.74) is 0.379. The van der Waals surface area contributed by atoms with Crippen LogP contribution in [0.15, 0.2) is 18.3 Å². The zero-order valence-electron chi connectivity index (χ0n) is 9.10. The fraction of sp³-hybridized carbons (Fsp3) is 0.333. The lowest BCUT2D eigenvalue weighted by Gasteiger charge is -2.05. The van der Waals surface area contributed by atoms with Crippen LogP contribution >= 0.6 is 11.6 Å². The Labute approximate surface area is 104 Å². The van der Waals surface area contributed by atoms with Crippen molar-refractivity contribution in [2.45, 2.75) is 0 Å². The van der Waals surface area contributed by atoms with Gasteiger partial charge in [-0.15, -0.1) is 0 Å². The number of aromatic nitrogens is 1. The first-order chi connectivity index (χ1) is 7.88. The molecule has 0 unspecified atom stereocenters. The van der Waals surface area contributed by atoms with Crippen LogP contribution < -0.4 is 10.0 Å². The number of nitrogens with one attached hydrogen (secondary N) is 2. The van der Waals surface area contributed by atoms with Gasteiger partial charge in [0, 0.05) is 24.8 Å². The van der Waals surface area contributed by atoms with Gasteiger partial charge < -0.3 is 5.32 Å². The zero-order chi connectivity index (χ0) is 12.9. The first-order valence-corrected chi connectivity index (χ1v) is 7.00. The third-order valence-electron chi connectivity index (χ3n) is 1.76. The molecule has 0 saturated heterocycles. The molecule has 6 nitrogen and oxygen atoms in total. The van der Waals surface area contributed by atoms with Crippen LogP contribution in [0.1, 0.15) is 10.4 Å². The molecule has 0 spiro atoms. The number of rotatable bonds is 5. The maximum Gasteiger partial charge on any atom is 0.251 e. The van der Waals surface area contributed by atoms with E-state index >= 15 is 0 Å². The van der Waals surface area contributed by atoms with Crippen LogP contribution in [0.2, 0.25) is 5.15 Å². The van der Waals surface area contributed by atoms with Crippen molar-refractivity contribution in [3.63, 3.8) is 0 Å². The molecular weight excluding hydrogens is 266 g/mol. The largest absolute Gasteiger partial charge is 0.351 e. The van der Waals surface area contributed by atoms with E-state index in [0.717, 1.165) is 6.26 Å². The number of carbonyl (C=O) groups excluding carboxylic acids is 1. The normalized spacial score (nSPS) is 11.2. The molecule has 94 valence electrons. The molecule has 1 rings (SSSR count). The molecule has 0 fully saturated rings. The summed E-state index contributed by atoms with van der Waals surface area (Å²) in [6, 6.07) is 2.95. The number of hydrogen-bond acceptors (Lipinski definition) is 4. The van der Waals surface area contributed by atoms with E-state index in [9.17, 15) is 13.2 Å². The van der Waals surface area contributed by atoms with Gasteiger partial charge in [-0.3, -0.25) is 4.79 Å². The van der Waals surface area contributed by atoms with Crippen LogP contribution in [0.3, 0.4) is 0 Å². The predicted molar refractivity (Wildman–Crippen MR) is 64.4 cm³/mol. The molecule has 1 amide bonds. The quantitative estimate of drug-likeness (QED) is 0.586. The van der Waals surface area contributed by atoms with Crippen molar-refractivity contribution in [3.8, 4) is 0 Å². The number of hydrogen-bond donors (Lipinski definition) is 2. The smallest absolute Gasteiger partial charge is 0.251 e. The van der Waals surface area contributed by atoms with Gasteiger partial charge in [-0.05, 0) is 12.1 Å². The fourth-order valence-corrected chi connectivity index (χ4v) is 1.70. The van der Waals surface area contributed by atoms with E-state index in [1.54, 1.807) is 0 Å². The first-order valence-electron chi connectivity index (χ1n) is 4.73. The Bertz CT molecular complexity index is 504. The van der Waals surface area contributed by atoms with E-state index in [1.807, 2.05) is 0 Å². The van der Waals surface area contributed by atoms with Gasteiger partial charge in [0.25, 0.3) is 5.91 Å². The molecule has 8 heteroatoms. The summed E-state index contributed by atoms with van der Waals surface area (Å²) in [7, 11) is -3.23. The fourth-order valence-electron chi connectivity index (χ4n) is 1.06. The van der Waals surface area contributed by atoms with Crippen LogP contribution in [-0.2, 0) is 10.0 Å². The second-order valence-corrected chi connectivity index (χ2v) is 5.51. The molecule has 0 aliphatic rings. The minimum absolute atomic E-state index is 0.142. The molecule has 0 aromatic carbocycles. The third kappa shape index (κ3) is 5.62. The van der Waals surface area contributed by atoms with Gasteiger partial charge >= 0.3 is 0 Å². The Balaban J connectivity index is 2.41. The van der Waals surface area contributed by atoms with E-state index in [0.29, 0.717) is 5.56 Å². The van der Waals surface area contributed by atoms with E-state index in [-0.39, 0.29) is 24.1 Å². The summed E-state index contributed by atoms with van der Waals surface area (Å²) < 4.78 is 23.7. The van der Waals surface area contributed by atoms with Crippen LogP contribution in [-0.4, -0.2) is 38.7 Å². The lowest BCUT2D eigenvalue weighted by molar-refractivity contribution is 0.0954. The lowest BCUT2D eigenvalue weighted by atomic mass is 10.2. The standard InChI is InChI=1S/C9H12ClN3O3S/c1-17(15,16)13-5-4-12-9(14)7-2-3-11-8(10)6-7/h2-3,6,13H,4-5H2,1H3,(H,12,14). The second-order valence-electron chi connectivity index (χ2n) is 3.29. The van der Waals surface area contributed by atoms with E-state index < -0.39 is 10.0 Å². The van der Waals surface area contributed by atoms with Crippen LogP contribution in [0.4, 0.5) is 0 Å². The molecule has 0 aliphatic carbocycles. The molecule has 0 atom stereocenters. The second kappa shape index (κ2) is 5.95. The first kappa shape index (κ1) is 13.9. The van der Waals surface area contributed by atoms with Crippen molar-refractivity contribution in [2.75, 3.05) is 19.3 Å². The average molecular weight is 278 g/mol. The highest BCUT2D eigenvalue weighted by molar-refractivity contribution is 7.88. The lowest BCUT2D eigenvalue weighted by Crippen LogP contribution is -2.34. The Morgan fingerprint density at radius 2 is 2.18 bits per heavy atom. The van der Waals surface area contributed by atoms with Gasteiger partial charge in [-0.25, -0.2) is 18.1 Å². The minimum atomic E-state index is -3.23. The van der Waals surface area contributed by atoms with Crippen molar-refractivity contribution in [2.24, 2.45) is 0 Å². The van der Waals surface area contributed by atoms with Gasteiger partial charge in [-0.1, -0.05) is 11.6 Å². The average Bonchev–Trinajstić information content (AvgIpc) is 2.23.